The van der Waals surface area contributed by atoms with E-state index in [4.69, 9.17) is 21.1 Å². The number of aliphatic hydroxyl groups excluding tert-OH is 1. The van der Waals surface area contributed by atoms with Crippen molar-refractivity contribution >= 4 is 28.6 Å². The highest BCUT2D eigenvalue weighted by atomic mass is 35.5. The number of fused-ring (bicyclic) bond motifs is 1. The Morgan fingerprint density at radius 3 is 2.55 bits per heavy atom. The van der Waals surface area contributed by atoms with Crippen molar-refractivity contribution in [3.63, 3.8) is 0 Å². The first-order chi connectivity index (χ1) is 19.3. The number of nitrogens with zero attached hydrogens (tertiary/aromatic N) is 3. The smallest absolute Gasteiger partial charge is 0.314 e. The number of hydrogen-bond acceptors (Lipinski definition) is 6. The Labute approximate surface area is 239 Å². The van der Waals surface area contributed by atoms with Gasteiger partial charge in [-0.1, -0.05) is 60.1 Å². The zero-order chi connectivity index (χ0) is 28.7. The molecule has 0 saturated carbocycles. The van der Waals surface area contributed by atoms with Gasteiger partial charge in [0.1, 0.15) is 11.3 Å². The van der Waals surface area contributed by atoms with E-state index >= 15 is 0 Å². The van der Waals surface area contributed by atoms with E-state index in [9.17, 15) is 15.0 Å². The van der Waals surface area contributed by atoms with E-state index in [2.05, 4.69) is 10.3 Å². The Hall–Kier alpha value is -3.46. The average Bonchev–Trinajstić information content (AvgIpc) is 3.38. The predicted octanol–water partition coefficient (Wildman–Crippen LogP) is 5.87. The SMILES string of the molecule is CCC(Cc1cc(Cl)c(OC)c(CO)c1)(C(=O)O)c1ccc2c(nnn2CCCCOCc2ccccc2)c1C. The second-order valence-corrected chi connectivity index (χ2v) is 10.4. The molecule has 0 aliphatic carbocycles. The number of unbranched alkanes of at least 4 members (excludes halogenated alkanes) is 1. The maximum Gasteiger partial charge on any atom is 0.314 e. The highest BCUT2D eigenvalue weighted by Crippen LogP contribution is 2.39. The van der Waals surface area contributed by atoms with Crippen molar-refractivity contribution < 1.29 is 24.5 Å². The summed E-state index contributed by atoms with van der Waals surface area (Å²) in [6, 6.07) is 17.4. The highest BCUT2D eigenvalue weighted by Gasteiger charge is 2.41. The molecule has 0 bridgehead atoms. The fraction of sp³-hybridized carbons (Fsp3) is 0.387. The van der Waals surface area contributed by atoms with Crippen molar-refractivity contribution in [1.29, 1.82) is 0 Å². The molecule has 4 aromatic rings. The lowest BCUT2D eigenvalue weighted by atomic mass is 9.71. The quantitative estimate of drug-likeness (QED) is 0.184. The predicted molar refractivity (Wildman–Crippen MR) is 155 cm³/mol. The number of aromatic nitrogens is 3. The van der Waals surface area contributed by atoms with Crippen LogP contribution in [0.1, 0.15) is 54.0 Å². The van der Waals surface area contributed by atoms with Gasteiger partial charge in [0.15, 0.2) is 0 Å². The van der Waals surface area contributed by atoms with Crippen LogP contribution in [-0.2, 0) is 41.1 Å². The van der Waals surface area contributed by atoms with Crippen molar-refractivity contribution in [3.8, 4) is 5.75 Å². The molecule has 9 heteroatoms. The van der Waals surface area contributed by atoms with Crippen LogP contribution in [0.2, 0.25) is 5.02 Å². The van der Waals surface area contributed by atoms with E-state index < -0.39 is 11.4 Å². The molecule has 2 N–H and O–H groups in total. The normalized spacial score (nSPS) is 12.9. The van der Waals surface area contributed by atoms with Crippen molar-refractivity contribution in [3.05, 3.63) is 87.4 Å². The minimum atomic E-state index is -1.22. The van der Waals surface area contributed by atoms with Crippen LogP contribution in [0.3, 0.4) is 0 Å². The standard InChI is InChI=1S/C31H36ClN3O5/c1-4-31(30(37)38,18-23-16-24(19-36)29(39-3)26(32)17-23)25-12-13-27-28(21(25)2)33-34-35(27)14-8-9-15-40-20-22-10-6-5-7-11-22/h5-7,10-13,16-17,36H,4,8-9,14-15,18-20H2,1-3H3,(H,37,38). The average molecular weight is 566 g/mol. The van der Waals surface area contributed by atoms with Gasteiger partial charge in [-0.15, -0.1) is 5.10 Å². The van der Waals surface area contributed by atoms with Gasteiger partial charge in [-0.25, -0.2) is 4.68 Å². The van der Waals surface area contributed by atoms with Gasteiger partial charge in [0, 0.05) is 18.7 Å². The summed E-state index contributed by atoms with van der Waals surface area (Å²) in [4.78, 5) is 12.9. The summed E-state index contributed by atoms with van der Waals surface area (Å²) in [6.45, 7) is 5.46. The third-order valence-corrected chi connectivity index (χ3v) is 7.83. The highest BCUT2D eigenvalue weighted by molar-refractivity contribution is 6.32. The summed E-state index contributed by atoms with van der Waals surface area (Å²) >= 11 is 6.41. The van der Waals surface area contributed by atoms with Gasteiger partial charge in [0.05, 0.1) is 36.3 Å². The molecule has 0 saturated heterocycles. The van der Waals surface area contributed by atoms with Gasteiger partial charge in [-0.3, -0.25) is 4.79 Å². The number of aliphatic carboxylic acids is 1. The Morgan fingerprint density at radius 2 is 1.88 bits per heavy atom. The molecule has 1 heterocycles. The first kappa shape index (κ1) is 29.5. The molecule has 212 valence electrons. The van der Waals surface area contributed by atoms with E-state index in [0.29, 0.717) is 59.2 Å². The van der Waals surface area contributed by atoms with Gasteiger partial charge in [-0.05, 0) is 73.1 Å². The van der Waals surface area contributed by atoms with Crippen LogP contribution in [0.5, 0.6) is 5.75 Å². The maximum absolute atomic E-state index is 12.9. The third kappa shape index (κ3) is 6.14. The summed E-state index contributed by atoms with van der Waals surface area (Å²) in [6.07, 6.45) is 2.32. The molecule has 0 aliphatic rings. The van der Waals surface area contributed by atoms with Gasteiger partial charge >= 0.3 is 5.97 Å². The molecule has 1 unspecified atom stereocenters. The van der Waals surface area contributed by atoms with E-state index in [1.165, 1.54) is 7.11 Å². The Kier molecular flexibility index (Phi) is 9.79. The third-order valence-electron chi connectivity index (χ3n) is 7.55. The number of rotatable bonds is 14. The monoisotopic (exact) mass is 565 g/mol. The summed E-state index contributed by atoms with van der Waals surface area (Å²) in [5.41, 5.74) is 4.21. The van der Waals surface area contributed by atoms with E-state index in [0.717, 1.165) is 29.5 Å². The van der Waals surface area contributed by atoms with Crippen LogP contribution >= 0.6 is 11.6 Å². The number of carboxylic acids is 1. The number of halogens is 1. The second-order valence-electron chi connectivity index (χ2n) is 10.0. The number of carboxylic acid groups (broad SMARTS) is 1. The molecule has 40 heavy (non-hydrogen) atoms. The van der Waals surface area contributed by atoms with Crippen molar-refractivity contribution in [1.82, 2.24) is 15.0 Å². The van der Waals surface area contributed by atoms with E-state index in [1.807, 2.05) is 61.0 Å². The fourth-order valence-corrected chi connectivity index (χ4v) is 5.68. The van der Waals surface area contributed by atoms with Crippen LogP contribution < -0.4 is 4.74 Å². The topological polar surface area (TPSA) is 107 Å². The number of ether oxygens (including phenoxy) is 2. The van der Waals surface area contributed by atoms with Gasteiger partial charge in [-0.2, -0.15) is 0 Å². The van der Waals surface area contributed by atoms with Crippen LogP contribution in [-0.4, -0.2) is 44.9 Å². The number of carbonyl (C=O) groups is 1. The lowest BCUT2D eigenvalue weighted by molar-refractivity contribution is -0.144. The summed E-state index contributed by atoms with van der Waals surface area (Å²) in [7, 11) is 1.49. The second kappa shape index (κ2) is 13.3. The number of benzene rings is 3. The lowest BCUT2D eigenvalue weighted by Crippen LogP contribution is -2.38. The number of hydrogen-bond donors (Lipinski definition) is 2. The fourth-order valence-electron chi connectivity index (χ4n) is 5.34. The maximum atomic E-state index is 12.9. The number of methoxy groups -OCH3 is 1. The molecule has 0 fully saturated rings. The molecule has 0 amide bonds. The first-order valence-corrected chi connectivity index (χ1v) is 13.9. The zero-order valence-corrected chi connectivity index (χ0v) is 23.9. The van der Waals surface area contributed by atoms with Crippen LogP contribution in [0.15, 0.2) is 54.6 Å². The molecule has 8 nitrogen and oxygen atoms in total. The molecule has 3 aromatic carbocycles. The minimum absolute atomic E-state index is 0.193. The largest absolute Gasteiger partial charge is 0.495 e. The van der Waals surface area contributed by atoms with Gasteiger partial charge < -0.3 is 19.7 Å². The van der Waals surface area contributed by atoms with Crippen LogP contribution in [0, 0.1) is 6.92 Å². The molecule has 0 spiro atoms. The van der Waals surface area contributed by atoms with Crippen LogP contribution in [0.4, 0.5) is 0 Å². The van der Waals surface area contributed by atoms with E-state index in [-0.39, 0.29) is 13.0 Å². The van der Waals surface area contributed by atoms with Gasteiger partial charge in [0.25, 0.3) is 0 Å². The van der Waals surface area contributed by atoms with Crippen molar-refractivity contribution in [2.24, 2.45) is 0 Å². The first-order valence-electron chi connectivity index (χ1n) is 13.5. The molecular formula is C31H36ClN3O5. The Morgan fingerprint density at radius 1 is 1.10 bits per heavy atom. The zero-order valence-electron chi connectivity index (χ0n) is 23.2. The summed E-state index contributed by atoms with van der Waals surface area (Å²) in [5.74, 6) is -0.542. The molecule has 1 aromatic heterocycles. The van der Waals surface area contributed by atoms with Gasteiger partial charge in [0.2, 0.25) is 0 Å². The van der Waals surface area contributed by atoms with Crippen molar-refractivity contribution in [2.45, 2.75) is 64.7 Å². The minimum Gasteiger partial charge on any atom is -0.495 e. The molecule has 0 aliphatic heterocycles. The Bertz CT molecular complexity index is 1460. The lowest BCUT2D eigenvalue weighted by Gasteiger charge is -2.31. The Balaban J connectivity index is 1.52. The molecule has 0 radical (unpaired) electrons. The molecular weight excluding hydrogens is 530 g/mol. The van der Waals surface area contributed by atoms with Crippen LogP contribution in [0.25, 0.3) is 11.0 Å². The summed E-state index contributed by atoms with van der Waals surface area (Å²) in [5, 5.41) is 29.5. The number of aliphatic hydroxyl groups is 1. The summed E-state index contributed by atoms with van der Waals surface area (Å²) < 4.78 is 13.0. The van der Waals surface area contributed by atoms with E-state index in [1.54, 1.807) is 12.1 Å². The molecule has 4 rings (SSSR count). The molecule has 1 atom stereocenters. The van der Waals surface area contributed by atoms with Crippen molar-refractivity contribution in [2.75, 3.05) is 13.7 Å². The number of aryl methyl sites for hydroxylation is 2.